The van der Waals surface area contributed by atoms with Crippen LogP contribution in [0.3, 0.4) is 0 Å². The van der Waals surface area contributed by atoms with Gasteiger partial charge in [-0.25, -0.2) is 4.79 Å². The molecule has 5 heteroatoms. The minimum absolute atomic E-state index is 0. The average Bonchev–Trinajstić information content (AvgIpc) is 2.30. The van der Waals surface area contributed by atoms with Gasteiger partial charge in [-0.05, 0) is 33.2 Å². The molecule has 1 fully saturated rings. The smallest absolute Gasteiger partial charge is 0.320 e. The number of halogens is 1. The summed E-state index contributed by atoms with van der Waals surface area (Å²) in [5.74, 6) is 0. The zero-order valence-corrected chi connectivity index (χ0v) is 11.3. The fraction of sp³-hybridized carbons (Fsp3) is 0.909. The van der Waals surface area contributed by atoms with Crippen molar-refractivity contribution in [1.29, 1.82) is 0 Å². The first-order valence-corrected chi connectivity index (χ1v) is 5.93. The first kappa shape index (κ1) is 15.5. The van der Waals surface area contributed by atoms with Crippen LogP contribution in [0.15, 0.2) is 0 Å². The lowest BCUT2D eigenvalue weighted by Gasteiger charge is -2.35. The number of rotatable bonds is 3. The lowest BCUT2D eigenvalue weighted by molar-refractivity contribution is 0.142. The highest BCUT2D eigenvalue weighted by Gasteiger charge is 2.24. The van der Waals surface area contributed by atoms with Crippen molar-refractivity contribution in [2.24, 2.45) is 0 Å². The van der Waals surface area contributed by atoms with E-state index in [2.05, 4.69) is 5.32 Å². The number of nitrogens with one attached hydrogen (secondary N) is 1. The third-order valence-corrected chi connectivity index (χ3v) is 3.15. The van der Waals surface area contributed by atoms with E-state index in [4.69, 9.17) is 0 Å². The van der Waals surface area contributed by atoms with Crippen LogP contribution in [0.25, 0.3) is 0 Å². The molecule has 0 aromatic rings. The van der Waals surface area contributed by atoms with Gasteiger partial charge in [-0.2, -0.15) is 0 Å². The Hall–Kier alpha value is -0.480. The zero-order chi connectivity index (χ0) is 11.3. The van der Waals surface area contributed by atoms with Gasteiger partial charge >= 0.3 is 6.03 Å². The maximum atomic E-state index is 12.0. The molecule has 1 rings (SSSR count). The first-order chi connectivity index (χ1) is 7.20. The summed E-state index contributed by atoms with van der Waals surface area (Å²) in [4.78, 5) is 15.8. The van der Waals surface area contributed by atoms with Crippen LogP contribution in [0.5, 0.6) is 0 Å². The van der Waals surface area contributed by atoms with E-state index in [9.17, 15) is 4.79 Å². The van der Waals surface area contributed by atoms with Gasteiger partial charge < -0.3 is 15.1 Å². The van der Waals surface area contributed by atoms with Crippen molar-refractivity contribution in [3.8, 4) is 0 Å². The Kier molecular flexibility index (Phi) is 7.51. The quantitative estimate of drug-likeness (QED) is 0.824. The van der Waals surface area contributed by atoms with Crippen LogP contribution in [0.1, 0.15) is 26.7 Å². The molecule has 0 aromatic heterocycles. The van der Waals surface area contributed by atoms with E-state index < -0.39 is 0 Å². The number of hydrogen-bond acceptors (Lipinski definition) is 2. The summed E-state index contributed by atoms with van der Waals surface area (Å²) in [5, 5.41) is 3.33. The summed E-state index contributed by atoms with van der Waals surface area (Å²) in [6, 6.07) is 0.528. The second-order valence-corrected chi connectivity index (χ2v) is 4.07. The van der Waals surface area contributed by atoms with Crippen LogP contribution in [0.2, 0.25) is 0 Å². The molecule has 1 saturated heterocycles. The fourth-order valence-corrected chi connectivity index (χ4v) is 2.04. The molecule has 1 heterocycles. The number of carbonyl (C=O) groups excluding carboxylic acids is 1. The molecule has 1 aliphatic heterocycles. The zero-order valence-electron chi connectivity index (χ0n) is 10.5. The Labute approximate surface area is 105 Å². The van der Waals surface area contributed by atoms with Crippen LogP contribution < -0.4 is 5.32 Å². The van der Waals surface area contributed by atoms with E-state index >= 15 is 0 Å². The lowest BCUT2D eigenvalue weighted by Crippen LogP contribution is -2.51. The van der Waals surface area contributed by atoms with Gasteiger partial charge in [-0.15, -0.1) is 12.4 Å². The van der Waals surface area contributed by atoms with Crippen LogP contribution in [0.4, 0.5) is 4.79 Å². The summed E-state index contributed by atoms with van der Waals surface area (Å²) in [5.41, 5.74) is 0. The molecule has 0 aliphatic carbocycles. The first-order valence-electron chi connectivity index (χ1n) is 5.93. The number of carbonyl (C=O) groups is 1. The number of urea groups is 1. The second kappa shape index (κ2) is 7.74. The van der Waals surface area contributed by atoms with Crippen molar-refractivity contribution in [2.75, 3.05) is 33.2 Å². The molecule has 2 amide bonds. The molecule has 0 radical (unpaired) electrons. The van der Waals surface area contributed by atoms with Crippen LogP contribution in [0, 0.1) is 0 Å². The molecular weight excluding hydrogens is 226 g/mol. The Morgan fingerprint density at radius 3 is 2.44 bits per heavy atom. The van der Waals surface area contributed by atoms with Crippen molar-refractivity contribution < 1.29 is 4.79 Å². The Balaban J connectivity index is 0.00000225. The van der Waals surface area contributed by atoms with Crippen molar-refractivity contribution in [1.82, 2.24) is 15.1 Å². The van der Waals surface area contributed by atoms with Gasteiger partial charge in [0, 0.05) is 32.7 Å². The number of hydrogen-bond donors (Lipinski definition) is 1. The van der Waals surface area contributed by atoms with E-state index in [1.165, 1.54) is 6.42 Å². The van der Waals surface area contributed by atoms with Gasteiger partial charge in [0.15, 0.2) is 0 Å². The molecule has 96 valence electrons. The Bertz CT molecular complexity index is 203. The van der Waals surface area contributed by atoms with E-state index in [0.29, 0.717) is 6.04 Å². The van der Waals surface area contributed by atoms with Crippen molar-refractivity contribution in [2.45, 2.75) is 32.7 Å². The van der Waals surface area contributed by atoms with Crippen LogP contribution >= 0.6 is 12.4 Å². The molecular formula is C11H24ClN3O. The summed E-state index contributed by atoms with van der Waals surface area (Å²) < 4.78 is 0. The molecule has 1 atom stereocenters. The van der Waals surface area contributed by atoms with Gasteiger partial charge in [0.1, 0.15) is 0 Å². The van der Waals surface area contributed by atoms with Crippen molar-refractivity contribution in [3.63, 3.8) is 0 Å². The molecule has 4 nitrogen and oxygen atoms in total. The van der Waals surface area contributed by atoms with Gasteiger partial charge in [-0.1, -0.05) is 0 Å². The summed E-state index contributed by atoms with van der Waals surface area (Å²) in [6.07, 6.45) is 2.29. The minimum Gasteiger partial charge on any atom is -0.325 e. The van der Waals surface area contributed by atoms with Gasteiger partial charge in [-0.3, -0.25) is 0 Å². The van der Waals surface area contributed by atoms with Crippen molar-refractivity contribution >= 4 is 18.4 Å². The molecule has 1 aliphatic rings. The highest BCUT2D eigenvalue weighted by atomic mass is 35.5. The van der Waals surface area contributed by atoms with Gasteiger partial charge in [0.25, 0.3) is 0 Å². The molecule has 0 aromatic carbocycles. The Morgan fingerprint density at radius 2 is 2.00 bits per heavy atom. The minimum atomic E-state index is 0. The molecule has 0 spiro atoms. The summed E-state index contributed by atoms with van der Waals surface area (Å²) >= 11 is 0. The maximum Gasteiger partial charge on any atom is 0.320 e. The summed E-state index contributed by atoms with van der Waals surface area (Å²) in [7, 11) is 1.92. The molecule has 1 unspecified atom stereocenters. The number of likely N-dealkylation sites (N-methyl/N-ethyl adjacent to an activating group) is 1. The normalized spacial score (nSPS) is 19.8. The third-order valence-electron chi connectivity index (χ3n) is 3.15. The SMILES string of the molecule is CCN(CC)C(=O)N(C)C1CCCNC1.Cl. The topological polar surface area (TPSA) is 35.6 Å². The van der Waals surface area contributed by atoms with E-state index in [1.807, 2.05) is 30.7 Å². The molecule has 0 bridgehead atoms. The highest BCUT2D eigenvalue weighted by molar-refractivity contribution is 5.85. The monoisotopic (exact) mass is 249 g/mol. The van der Waals surface area contributed by atoms with Crippen LogP contribution in [-0.4, -0.2) is 55.1 Å². The molecule has 1 N–H and O–H groups in total. The van der Waals surface area contributed by atoms with E-state index in [0.717, 1.165) is 32.6 Å². The van der Waals surface area contributed by atoms with E-state index in [-0.39, 0.29) is 18.4 Å². The van der Waals surface area contributed by atoms with E-state index in [1.54, 1.807) is 0 Å². The molecule has 16 heavy (non-hydrogen) atoms. The third kappa shape index (κ3) is 3.83. The largest absolute Gasteiger partial charge is 0.325 e. The fourth-order valence-electron chi connectivity index (χ4n) is 2.04. The average molecular weight is 250 g/mol. The van der Waals surface area contributed by atoms with Crippen molar-refractivity contribution in [3.05, 3.63) is 0 Å². The second-order valence-electron chi connectivity index (χ2n) is 4.07. The van der Waals surface area contributed by atoms with Crippen LogP contribution in [-0.2, 0) is 0 Å². The lowest BCUT2D eigenvalue weighted by atomic mass is 10.1. The predicted octanol–water partition coefficient (Wildman–Crippen LogP) is 1.55. The van der Waals surface area contributed by atoms with Gasteiger partial charge in [0.05, 0.1) is 0 Å². The predicted molar refractivity (Wildman–Crippen MR) is 69.2 cm³/mol. The number of amides is 2. The number of piperidine rings is 1. The number of nitrogens with zero attached hydrogens (tertiary/aromatic N) is 2. The molecule has 0 saturated carbocycles. The Morgan fingerprint density at radius 1 is 1.38 bits per heavy atom. The maximum absolute atomic E-state index is 12.0. The summed E-state index contributed by atoms with van der Waals surface area (Å²) in [6.45, 7) is 7.65. The van der Waals surface area contributed by atoms with Gasteiger partial charge in [0.2, 0.25) is 0 Å². The standard InChI is InChI=1S/C11H23N3O.ClH/c1-4-14(5-2)11(15)13(3)10-7-6-8-12-9-10;/h10,12H,4-9H2,1-3H3;1H. The highest BCUT2D eigenvalue weighted by Crippen LogP contribution is 2.10.